The van der Waals surface area contributed by atoms with Crippen LogP contribution >= 0.6 is 27.3 Å². The Morgan fingerprint density at radius 2 is 1.95 bits per heavy atom. The van der Waals surface area contributed by atoms with Gasteiger partial charge in [-0.2, -0.15) is 0 Å². The summed E-state index contributed by atoms with van der Waals surface area (Å²) in [6, 6.07) is 11.3. The summed E-state index contributed by atoms with van der Waals surface area (Å²) in [5.41, 5.74) is 1.04. The van der Waals surface area contributed by atoms with Crippen LogP contribution in [0.2, 0.25) is 0 Å². The van der Waals surface area contributed by atoms with Gasteiger partial charge in [-0.3, -0.25) is 9.59 Å². The third-order valence-corrected chi connectivity index (χ3v) is 4.30. The van der Waals surface area contributed by atoms with E-state index in [0.717, 1.165) is 10.0 Å². The SMILES string of the molecule is CN(Cc1ccc(Br)cc1)C(=O)CNC(=O)c1cccs1. The normalized spacial score (nSPS) is 10.2. The first-order chi connectivity index (χ1) is 10.1. The van der Waals surface area contributed by atoms with E-state index in [9.17, 15) is 9.59 Å². The van der Waals surface area contributed by atoms with E-state index in [1.807, 2.05) is 29.6 Å². The second-order valence-electron chi connectivity index (χ2n) is 4.54. The van der Waals surface area contributed by atoms with Crippen molar-refractivity contribution >= 4 is 39.1 Å². The van der Waals surface area contributed by atoms with Gasteiger partial charge in [0.1, 0.15) is 0 Å². The minimum atomic E-state index is -0.213. The minimum Gasteiger partial charge on any atom is -0.342 e. The van der Waals surface area contributed by atoms with Crippen LogP contribution in [0.1, 0.15) is 15.2 Å². The lowest BCUT2D eigenvalue weighted by Crippen LogP contribution is -2.37. The lowest BCUT2D eigenvalue weighted by molar-refractivity contribution is -0.129. The molecule has 0 spiro atoms. The standard InChI is InChI=1S/C15H15BrN2O2S/c1-18(10-11-4-6-12(16)7-5-11)14(19)9-17-15(20)13-3-2-8-21-13/h2-8H,9-10H2,1H3,(H,17,20). The molecule has 0 radical (unpaired) electrons. The quantitative estimate of drug-likeness (QED) is 0.884. The molecule has 0 saturated heterocycles. The third kappa shape index (κ3) is 4.68. The molecule has 110 valence electrons. The van der Waals surface area contributed by atoms with Crippen molar-refractivity contribution in [2.75, 3.05) is 13.6 Å². The van der Waals surface area contributed by atoms with Gasteiger partial charge in [0.2, 0.25) is 5.91 Å². The van der Waals surface area contributed by atoms with Crippen LogP contribution in [0.5, 0.6) is 0 Å². The summed E-state index contributed by atoms with van der Waals surface area (Å²) in [7, 11) is 1.72. The highest BCUT2D eigenvalue weighted by Crippen LogP contribution is 2.12. The Morgan fingerprint density at radius 1 is 1.24 bits per heavy atom. The van der Waals surface area contributed by atoms with Crippen molar-refractivity contribution in [3.63, 3.8) is 0 Å². The van der Waals surface area contributed by atoms with Crippen LogP contribution in [-0.2, 0) is 11.3 Å². The van der Waals surface area contributed by atoms with E-state index in [2.05, 4.69) is 21.2 Å². The number of rotatable bonds is 5. The Morgan fingerprint density at radius 3 is 2.57 bits per heavy atom. The maximum absolute atomic E-state index is 12.0. The van der Waals surface area contributed by atoms with Gasteiger partial charge in [0.05, 0.1) is 11.4 Å². The molecule has 2 aromatic rings. The number of halogens is 1. The first kappa shape index (κ1) is 15.7. The molecular weight excluding hydrogens is 352 g/mol. The highest BCUT2D eigenvalue weighted by molar-refractivity contribution is 9.10. The van der Waals surface area contributed by atoms with E-state index in [0.29, 0.717) is 11.4 Å². The van der Waals surface area contributed by atoms with Crippen LogP contribution in [0.25, 0.3) is 0 Å². The number of benzene rings is 1. The molecule has 1 heterocycles. The maximum Gasteiger partial charge on any atom is 0.261 e. The monoisotopic (exact) mass is 366 g/mol. The van der Waals surface area contributed by atoms with Crippen molar-refractivity contribution in [3.8, 4) is 0 Å². The highest BCUT2D eigenvalue weighted by atomic mass is 79.9. The van der Waals surface area contributed by atoms with E-state index in [-0.39, 0.29) is 18.4 Å². The first-order valence-corrected chi connectivity index (χ1v) is 8.03. The number of nitrogens with zero attached hydrogens (tertiary/aromatic N) is 1. The van der Waals surface area contributed by atoms with Crippen molar-refractivity contribution in [2.24, 2.45) is 0 Å². The number of thiophene rings is 1. The fraction of sp³-hybridized carbons (Fsp3) is 0.200. The summed E-state index contributed by atoms with van der Waals surface area (Å²) in [5.74, 6) is -0.335. The Kier molecular flexibility index (Phi) is 5.52. The summed E-state index contributed by atoms with van der Waals surface area (Å²) in [6.45, 7) is 0.519. The molecular formula is C15H15BrN2O2S. The van der Waals surface area contributed by atoms with E-state index < -0.39 is 0 Å². The number of nitrogens with one attached hydrogen (secondary N) is 1. The molecule has 0 unspecified atom stereocenters. The van der Waals surface area contributed by atoms with Crippen LogP contribution in [0.3, 0.4) is 0 Å². The van der Waals surface area contributed by atoms with Crippen LogP contribution < -0.4 is 5.32 Å². The van der Waals surface area contributed by atoms with Crippen LogP contribution in [-0.4, -0.2) is 30.3 Å². The van der Waals surface area contributed by atoms with Crippen LogP contribution in [0, 0.1) is 0 Å². The molecule has 2 amide bonds. The number of hydrogen-bond acceptors (Lipinski definition) is 3. The molecule has 6 heteroatoms. The molecule has 0 aliphatic carbocycles. The zero-order chi connectivity index (χ0) is 15.2. The van der Waals surface area contributed by atoms with E-state index in [1.165, 1.54) is 11.3 Å². The molecule has 1 aromatic carbocycles. The molecule has 4 nitrogen and oxygen atoms in total. The van der Waals surface area contributed by atoms with Crippen molar-refractivity contribution in [1.82, 2.24) is 10.2 Å². The molecule has 21 heavy (non-hydrogen) atoms. The number of carbonyl (C=O) groups is 2. The molecule has 0 atom stereocenters. The van der Waals surface area contributed by atoms with Gasteiger partial charge in [-0.25, -0.2) is 0 Å². The highest BCUT2D eigenvalue weighted by Gasteiger charge is 2.12. The Balaban J connectivity index is 1.82. The number of amides is 2. The second kappa shape index (κ2) is 7.38. The first-order valence-electron chi connectivity index (χ1n) is 6.36. The summed E-state index contributed by atoms with van der Waals surface area (Å²) >= 11 is 4.73. The van der Waals surface area contributed by atoms with Gasteiger partial charge in [-0.15, -0.1) is 11.3 Å². The zero-order valence-electron chi connectivity index (χ0n) is 11.5. The average Bonchev–Trinajstić information content (AvgIpc) is 3.01. The predicted molar refractivity (Wildman–Crippen MR) is 87.3 cm³/mol. The number of hydrogen-bond donors (Lipinski definition) is 1. The Hall–Kier alpha value is -1.66. The molecule has 0 aliphatic heterocycles. The van der Waals surface area contributed by atoms with Crippen molar-refractivity contribution in [3.05, 3.63) is 56.7 Å². The van der Waals surface area contributed by atoms with Crippen LogP contribution in [0.15, 0.2) is 46.3 Å². The molecule has 2 rings (SSSR count). The summed E-state index contributed by atoms with van der Waals surface area (Å²) < 4.78 is 1.00. The molecule has 0 bridgehead atoms. The topological polar surface area (TPSA) is 49.4 Å². The van der Waals surface area contributed by atoms with Gasteiger partial charge in [-0.1, -0.05) is 34.1 Å². The van der Waals surface area contributed by atoms with Gasteiger partial charge in [0, 0.05) is 18.1 Å². The van der Waals surface area contributed by atoms with Gasteiger partial charge in [0.25, 0.3) is 5.91 Å². The van der Waals surface area contributed by atoms with Crippen molar-refractivity contribution in [2.45, 2.75) is 6.54 Å². The van der Waals surface area contributed by atoms with Gasteiger partial charge in [0.15, 0.2) is 0 Å². The van der Waals surface area contributed by atoms with Gasteiger partial charge >= 0.3 is 0 Å². The average molecular weight is 367 g/mol. The number of carbonyl (C=O) groups excluding carboxylic acids is 2. The van der Waals surface area contributed by atoms with Gasteiger partial charge < -0.3 is 10.2 Å². The summed E-state index contributed by atoms with van der Waals surface area (Å²) in [6.07, 6.45) is 0. The fourth-order valence-corrected chi connectivity index (χ4v) is 2.64. The van der Waals surface area contributed by atoms with E-state index in [1.54, 1.807) is 24.1 Å². The lowest BCUT2D eigenvalue weighted by atomic mass is 10.2. The largest absolute Gasteiger partial charge is 0.342 e. The van der Waals surface area contributed by atoms with E-state index >= 15 is 0 Å². The van der Waals surface area contributed by atoms with Crippen LogP contribution in [0.4, 0.5) is 0 Å². The van der Waals surface area contributed by atoms with E-state index in [4.69, 9.17) is 0 Å². The van der Waals surface area contributed by atoms with Gasteiger partial charge in [-0.05, 0) is 29.1 Å². The Bertz CT molecular complexity index is 611. The predicted octanol–water partition coefficient (Wildman–Crippen LogP) is 2.90. The zero-order valence-corrected chi connectivity index (χ0v) is 13.9. The third-order valence-electron chi connectivity index (χ3n) is 2.90. The molecule has 0 aliphatic rings. The molecule has 0 fully saturated rings. The van der Waals surface area contributed by atoms with Crippen molar-refractivity contribution < 1.29 is 9.59 Å². The lowest BCUT2D eigenvalue weighted by Gasteiger charge is -2.17. The fourth-order valence-electron chi connectivity index (χ4n) is 1.74. The second-order valence-corrected chi connectivity index (χ2v) is 6.40. The Labute approximate surface area is 135 Å². The van der Waals surface area contributed by atoms with Crippen molar-refractivity contribution in [1.29, 1.82) is 0 Å². The summed E-state index contributed by atoms with van der Waals surface area (Å²) in [4.78, 5) is 26.0. The maximum atomic E-state index is 12.0. The molecule has 1 aromatic heterocycles. The minimum absolute atomic E-state index is 0.00373. The number of likely N-dealkylation sites (N-methyl/N-ethyl adjacent to an activating group) is 1. The molecule has 0 saturated carbocycles. The summed E-state index contributed by atoms with van der Waals surface area (Å²) in [5, 5.41) is 4.46. The smallest absolute Gasteiger partial charge is 0.261 e. The molecule has 1 N–H and O–H groups in total.